The Kier molecular flexibility index (Phi) is 3.30. The molecule has 0 fully saturated rings. The Labute approximate surface area is 118 Å². The first-order valence-corrected chi connectivity index (χ1v) is 6.59. The predicted octanol–water partition coefficient (Wildman–Crippen LogP) is 1.62. The number of tetrazole rings is 1. The third kappa shape index (κ3) is 2.59. The molecule has 2 heterocycles. The van der Waals surface area contributed by atoms with E-state index >= 15 is 0 Å². The topological polar surface area (TPSA) is 89.6 Å². The first-order valence-electron chi connectivity index (χ1n) is 5.78. The molecule has 0 saturated carbocycles. The van der Waals surface area contributed by atoms with Crippen molar-refractivity contribution in [2.75, 3.05) is 0 Å². The lowest BCUT2D eigenvalue weighted by Crippen LogP contribution is -1.99. The molecule has 0 bridgehead atoms. The van der Waals surface area contributed by atoms with E-state index in [4.69, 9.17) is 0 Å². The largest absolute Gasteiger partial charge is 0.508 e. The molecule has 8 heteroatoms. The van der Waals surface area contributed by atoms with Gasteiger partial charge in [-0.05, 0) is 59.4 Å². The maximum Gasteiger partial charge on any atom is 0.221 e. The van der Waals surface area contributed by atoms with Gasteiger partial charge in [0.2, 0.25) is 5.16 Å². The number of nitrogens with zero attached hydrogens (tertiary/aromatic N) is 6. The van der Waals surface area contributed by atoms with Crippen molar-refractivity contribution in [3.63, 3.8) is 0 Å². The number of rotatable bonds is 3. The number of aromatic nitrogens is 6. The lowest BCUT2D eigenvalue weighted by atomic mass is 10.3. The molecule has 0 unspecified atom stereocenters. The fourth-order valence-electron chi connectivity index (χ4n) is 1.56. The number of hydrogen-bond donors (Lipinski definition) is 1. The van der Waals surface area contributed by atoms with Crippen LogP contribution in [0.15, 0.2) is 46.8 Å². The minimum atomic E-state index is 0.193. The predicted molar refractivity (Wildman–Crippen MR) is 71.7 cm³/mol. The summed E-state index contributed by atoms with van der Waals surface area (Å²) in [5.74, 6) is 0.193. The average Bonchev–Trinajstić information content (AvgIpc) is 2.88. The summed E-state index contributed by atoms with van der Waals surface area (Å²) in [7, 11) is 0. The second-order valence-corrected chi connectivity index (χ2v) is 4.91. The average molecular weight is 286 g/mol. The van der Waals surface area contributed by atoms with E-state index in [0.717, 1.165) is 11.4 Å². The Bertz CT molecular complexity index is 727. The van der Waals surface area contributed by atoms with Crippen molar-refractivity contribution in [1.82, 2.24) is 30.2 Å². The first kappa shape index (κ1) is 12.5. The van der Waals surface area contributed by atoms with E-state index in [1.54, 1.807) is 35.1 Å². The van der Waals surface area contributed by atoms with Crippen LogP contribution in [0.4, 0.5) is 0 Å². The van der Waals surface area contributed by atoms with Crippen LogP contribution >= 0.6 is 11.8 Å². The van der Waals surface area contributed by atoms with E-state index in [9.17, 15) is 5.11 Å². The summed E-state index contributed by atoms with van der Waals surface area (Å²) in [6.45, 7) is 1.90. The first-order chi connectivity index (χ1) is 9.72. The van der Waals surface area contributed by atoms with Gasteiger partial charge >= 0.3 is 0 Å². The number of phenolic OH excluding ortho intramolecular Hbond substituents is 1. The van der Waals surface area contributed by atoms with Gasteiger partial charge in [-0.1, -0.05) is 0 Å². The van der Waals surface area contributed by atoms with E-state index in [1.165, 1.54) is 11.8 Å². The van der Waals surface area contributed by atoms with Crippen LogP contribution in [0.3, 0.4) is 0 Å². The van der Waals surface area contributed by atoms with Crippen molar-refractivity contribution in [3.05, 3.63) is 42.2 Å². The van der Waals surface area contributed by atoms with Crippen LogP contribution in [0, 0.1) is 6.92 Å². The standard InChI is InChI=1S/C12H10N6OS/c1-8-6-7-13-11(14-8)20-12-15-16-17-18(12)9-2-4-10(19)5-3-9/h2-7,19H,1H3. The van der Waals surface area contributed by atoms with E-state index in [-0.39, 0.29) is 5.75 Å². The zero-order valence-corrected chi connectivity index (χ0v) is 11.3. The van der Waals surface area contributed by atoms with Crippen LogP contribution in [0.1, 0.15) is 5.69 Å². The van der Waals surface area contributed by atoms with E-state index in [2.05, 4.69) is 25.5 Å². The van der Waals surface area contributed by atoms with Gasteiger partial charge in [-0.2, -0.15) is 4.68 Å². The number of aromatic hydroxyl groups is 1. The van der Waals surface area contributed by atoms with Crippen molar-refractivity contribution in [2.45, 2.75) is 17.2 Å². The third-order valence-corrected chi connectivity index (χ3v) is 3.31. The van der Waals surface area contributed by atoms with Crippen LogP contribution in [0.5, 0.6) is 5.75 Å². The summed E-state index contributed by atoms with van der Waals surface area (Å²) in [5.41, 5.74) is 1.63. The van der Waals surface area contributed by atoms with Gasteiger partial charge in [-0.3, -0.25) is 0 Å². The van der Waals surface area contributed by atoms with Crippen molar-refractivity contribution in [3.8, 4) is 11.4 Å². The second kappa shape index (κ2) is 5.25. The van der Waals surface area contributed by atoms with Gasteiger partial charge in [0, 0.05) is 11.9 Å². The Morgan fingerprint density at radius 3 is 2.70 bits per heavy atom. The molecule has 100 valence electrons. The molecule has 0 spiro atoms. The smallest absolute Gasteiger partial charge is 0.221 e. The van der Waals surface area contributed by atoms with Gasteiger partial charge in [0.25, 0.3) is 0 Å². The maximum absolute atomic E-state index is 9.30. The van der Waals surface area contributed by atoms with Gasteiger partial charge in [0.1, 0.15) is 5.75 Å². The summed E-state index contributed by atoms with van der Waals surface area (Å²) in [5, 5.41) is 22.0. The summed E-state index contributed by atoms with van der Waals surface area (Å²) in [6.07, 6.45) is 1.69. The number of phenols is 1. The van der Waals surface area contributed by atoms with Gasteiger partial charge in [0.05, 0.1) is 5.69 Å². The molecule has 20 heavy (non-hydrogen) atoms. The van der Waals surface area contributed by atoms with E-state index in [0.29, 0.717) is 10.3 Å². The summed E-state index contributed by atoms with van der Waals surface area (Å²) in [6, 6.07) is 8.44. The number of hydrogen-bond acceptors (Lipinski definition) is 7. The van der Waals surface area contributed by atoms with E-state index in [1.807, 2.05) is 13.0 Å². The number of benzene rings is 1. The Hall–Kier alpha value is -2.48. The fourth-order valence-corrected chi connectivity index (χ4v) is 2.33. The molecule has 1 aromatic carbocycles. The van der Waals surface area contributed by atoms with Gasteiger partial charge < -0.3 is 5.11 Å². The molecule has 3 rings (SSSR count). The lowest BCUT2D eigenvalue weighted by molar-refractivity contribution is 0.475. The molecule has 0 amide bonds. The van der Waals surface area contributed by atoms with Crippen molar-refractivity contribution in [1.29, 1.82) is 0 Å². The molecule has 3 aromatic rings. The van der Waals surface area contributed by atoms with Crippen LogP contribution in [0.25, 0.3) is 5.69 Å². The summed E-state index contributed by atoms with van der Waals surface area (Å²) in [4.78, 5) is 8.47. The minimum absolute atomic E-state index is 0.193. The zero-order chi connectivity index (χ0) is 13.9. The van der Waals surface area contributed by atoms with E-state index < -0.39 is 0 Å². The molecule has 0 saturated heterocycles. The third-order valence-electron chi connectivity index (χ3n) is 2.49. The molecule has 2 aromatic heterocycles. The minimum Gasteiger partial charge on any atom is -0.508 e. The highest BCUT2D eigenvalue weighted by Crippen LogP contribution is 2.24. The normalized spacial score (nSPS) is 10.7. The molecule has 0 aliphatic heterocycles. The molecule has 0 aliphatic rings. The quantitative estimate of drug-likeness (QED) is 0.731. The number of aryl methyl sites for hydroxylation is 1. The van der Waals surface area contributed by atoms with Crippen molar-refractivity contribution >= 4 is 11.8 Å². The molecular formula is C12H10N6OS. The highest BCUT2D eigenvalue weighted by atomic mass is 32.2. The van der Waals surface area contributed by atoms with Gasteiger partial charge in [-0.15, -0.1) is 5.10 Å². The Balaban J connectivity index is 1.92. The maximum atomic E-state index is 9.30. The fraction of sp³-hybridized carbons (Fsp3) is 0.0833. The monoisotopic (exact) mass is 286 g/mol. The van der Waals surface area contributed by atoms with Gasteiger partial charge in [0.15, 0.2) is 5.16 Å². The zero-order valence-electron chi connectivity index (χ0n) is 10.5. The van der Waals surface area contributed by atoms with Crippen LogP contribution < -0.4 is 0 Å². The van der Waals surface area contributed by atoms with Crippen LogP contribution in [-0.2, 0) is 0 Å². The SMILES string of the molecule is Cc1ccnc(Sc2nnnn2-c2ccc(O)cc2)n1. The van der Waals surface area contributed by atoms with Crippen LogP contribution in [0.2, 0.25) is 0 Å². The molecular weight excluding hydrogens is 276 g/mol. The molecule has 1 N–H and O–H groups in total. The molecule has 0 radical (unpaired) electrons. The van der Waals surface area contributed by atoms with Crippen molar-refractivity contribution < 1.29 is 5.11 Å². The highest BCUT2D eigenvalue weighted by molar-refractivity contribution is 7.99. The highest BCUT2D eigenvalue weighted by Gasteiger charge is 2.11. The van der Waals surface area contributed by atoms with Crippen molar-refractivity contribution in [2.24, 2.45) is 0 Å². The lowest BCUT2D eigenvalue weighted by Gasteiger charge is -2.03. The molecule has 0 atom stereocenters. The summed E-state index contributed by atoms with van der Waals surface area (Å²) < 4.78 is 1.57. The Morgan fingerprint density at radius 1 is 1.15 bits per heavy atom. The van der Waals surface area contributed by atoms with Gasteiger partial charge in [-0.25, -0.2) is 9.97 Å². The second-order valence-electron chi connectivity index (χ2n) is 3.97. The van der Waals surface area contributed by atoms with Crippen LogP contribution in [-0.4, -0.2) is 35.3 Å². The molecule has 0 aliphatic carbocycles. The summed E-state index contributed by atoms with van der Waals surface area (Å²) >= 11 is 1.28. The Morgan fingerprint density at radius 2 is 1.95 bits per heavy atom. The molecule has 7 nitrogen and oxygen atoms in total.